The Kier molecular flexibility index (Phi) is 13.4. The topological polar surface area (TPSA) is 289 Å². The van der Waals surface area contributed by atoms with Gasteiger partial charge in [0.25, 0.3) is 0 Å². The molecule has 1 saturated carbocycles. The van der Waals surface area contributed by atoms with E-state index in [-0.39, 0.29) is 25.5 Å². The molecule has 2 aliphatic heterocycles. The van der Waals surface area contributed by atoms with Gasteiger partial charge in [-0.05, 0) is 37.8 Å². The zero-order valence-electron chi connectivity index (χ0n) is 25.3. The summed E-state index contributed by atoms with van der Waals surface area (Å²) in [5.41, 5.74) is 31.6. The quantitative estimate of drug-likeness (QED) is 0.0966. The molecule has 0 radical (unpaired) electrons. The van der Waals surface area contributed by atoms with Crippen LogP contribution in [0, 0.1) is 0 Å². The van der Waals surface area contributed by atoms with Crippen LogP contribution in [0.5, 0.6) is 0 Å². The molecule has 16 heteroatoms. The monoisotopic (exact) mass is 641 g/mol. The Morgan fingerprint density at radius 3 is 2.36 bits per heavy atom. The van der Waals surface area contributed by atoms with Crippen molar-refractivity contribution in [2.75, 3.05) is 19.7 Å². The zero-order valence-corrected chi connectivity index (χ0v) is 25.3. The van der Waals surface area contributed by atoms with Crippen molar-refractivity contribution in [2.24, 2.45) is 28.7 Å². The van der Waals surface area contributed by atoms with Crippen LogP contribution < -0.4 is 39.3 Å². The highest BCUT2D eigenvalue weighted by Gasteiger charge is 2.51. The normalized spacial score (nSPS) is 39.7. The van der Waals surface area contributed by atoms with Crippen molar-refractivity contribution in [3.63, 3.8) is 0 Å². The highest BCUT2D eigenvalue weighted by molar-refractivity contribution is 5.80. The van der Waals surface area contributed by atoms with Crippen molar-refractivity contribution in [3.05, 3.63) is 35.9 Å². The summed E-state index contributed by atoms with van der Waals surface area (Å²) in [6.45, 7) is 0.136. The van der Waals surface area contributed by atoms with Gasteiger partial charge in [-0.1, -0.05) is 30.3 Å². The van der Waals surface area contributed by atoms with E-state index in [0.29, 0.717) is 25.9 Å². The molecule has 3 fully saturated rings. The fourth-order valence-corrected chi connectivity index (χ4v) is 6.12. The second kappa shape index (κ2) is 16.8. The molecule has 3 aliphatic rings. The van der Waals surface area contributed by atoms with Gasteiger partial charge in [0.1, 0.15) is 24.4 Å². The third-order valence-corrected chi connectivity index (χ3v) is 8.79. The maximum Gasteiger partial charge on any atom is 0.249 e. The lowest BCUT2D eigenvalue weighted by Crippen LogP contribution is -2.71. The van der Waals surface area contributed by atoms with Crippen LogP contribution in [-0.4, -0.2) is 132 Å². The molecule has 45 heavy (non-hydrogen) atoms. The van der Waals surface area contributed by atoms with Gasteiger partial charge in [0.2, 0.25) is 5.91 Å². The number of benzene rings is 1. The molecule has 16 nitrogen and oxygen atoms in total. The van der Waals surface area contributed by atoms with Gasteiger partial charge in [0.15, 0.2) is 12.6 Å². The van der Waals surface area contributed by atoms with Crippen LogP contribution in [0.2, 0.25) is 0 Å². The number of nitrogens with two attached hydrogens (primary N) is 5. The number of amides is 1. The molecular weight excluding hydrogens is 590 g/mol. The van der Waals surface area contributed by atoms with E-state index in [0.717, 1.165) is 5.56 Å². The number of hydrogen-bond donors (Lipinski definition) is 11. The summed E-state index contributed by atoms with van der Waals surface area (Å²) >= 11 is 0. The van der Waals surface area contributed by atoms with Crippen LogP contribution >= 0.6 is 0 Å². The number of rotatable bonds is 13. The lowest BCUT2D eigenvalue weighted by molar-refractivity contribution is -0.303. The van der Waals surface area contributed by atoms with Crippen molar-refractivity contribution in [1.29, 1.82) is 0 Å². The summed E-state index contributed by atoms with van der Waals surface area (Å²) in [5, 5.41) is 47.8. The number of carbonyl (C=O) groups excluding carboxylic acids is 1. The predicted molar refractivity (Wildman–Crippen MR) is 162 cm³/mol. The number of nitrogens with one attached hydrogen (secondary N) is 2. The van der Waals surface area contributed by atoms with Gasteiger partial charge in [0.05, 0.1) is 49.1 Å². The Labute approximate surface area is 262 Å². The first-order valence-corrected chi connectivity index (χ1v) is 15.6. The maximum atomic E-state index is 13.0. The van der Waals surface area contributed by atoms with E-state index in [1.54, 1.807) is 0 Å². The summed E-state index contributed by atoms with van der Waals surface area (Å²) in [7, 11) is 0. The molecule has 2 heterocycles. The fourth-order valence-electron chi connectivity index (χ4n) is 6.12. The molecule has 0 spiro atoms. The van der Waals surface area contributed by atoms with Crippen molar-refractivity contribution in [1.82, 2.24) is 10.6 Å². The number of aliphatic hydroxyl groups excluding tert-OH is 4. The molecule has 0 unspecified atom stereocenters. The van der Waals surface area contributed by atoms with Gasteiger partial charge in [-0.25, -0.2) is 0 Å². The SMILES string of the molecule is NCC[C@H](O)C(=O)N[C@@H]1C[C@H](N)[C@@H](O[C@H]2O[C@H](CN)CC[C@H]2N)[C@@H](NCc2ccccc2)[C@H]1O[C@H]1O[C@H](CO)[C@@H](O)[C@H](N)[C@H]1O. The standard InChI is InChI=1S/C29H51N7O9/c30-9-8-19(38)27(41)36-18-10-17(33)25(44-28-16(32)7-6-15(11-31)42-28)22(35-12-14-4-2-1-3-5-14)26(18)45-29-24(40)21(34)23(39)20(13-37)43-29/h1-5,15-26,28-29,35,37-40H,6-13,30-34H2,(H,36,41)/t15-,16+,17-,18+,19-,20+,21-,22+,23+,24+,25+,26-,28+,29+/m0/s1. The molecule has 4 rings (SSSR count). The van der Waals surface area contributed by atoms with Crippen molar-refractivity contribution < 1.29 is 44.2 Å². The number of hydrogen-bond acceptors (Lipinski definition) is 15. The van der Waals surface area contributed by atoms with Crippen LogP contribution in [-0.2, 0) is 30.3 Å². The van der Waals surface area contributed by atoms with Crippen LogP contribution in [0.25, 0.3) is 0 Å². The average molecular weight is 642 g/mol. The predicted octanol–water partition coefficient (Wildman–Crippen LogP) is -4.60. The van der Waals surface area contributed by atoms with E-state index in [1.165, 1.54) is 0 Å². The second-order valence-electron chi connectivity index (χ2n) is 12.1. The summed E-state index contributed by atoms with van der Waals surface area (Å²) in [5.74, 6) is -0.679. The number of carbonyl (C=O) groups is 1. The van der Waals surface area contributed by atoms with Crippen molar-refractivity contribution >= 4 is 5.91 Å². The maximum absolute atomic E-state index is 13.0. The first kappa shape index (κ1) is 36.0. The summed E-state index contributed by atoms with van der Waals surface area (Å²) in [4.78, 5) is 13.0. The molecule has 256 valence electrons. The van der Waals surface area contributed by atoms with Crippen LogP contribution in [0.1, 0.15) is 31.2 Å². The third-order valence-electron chi connectivity index (χ3n) is 8.79. The molecule has 1 aliphatic carbocycles. The molecule has 2 saturated heterocycles. The molecule has 1 aromatic carbocycles. The first-order chi connectivity index (χ1) is 21.6. The highest BCUT2D eigenvalue weighted by Crippen LogP contribution is 2.32. The molecular formula is C29H51N7O9. The van der Waals surface area contributed by atoms with Crippen molar-refractivity contribution in [3.8, 4) is 0 Å². The van der Waals surface area contributed by atoms with Crippen LogP contribution in [0.4, 0.5) is 0 Å². The number of aliphatic hydroxyl groups is 4. The van der Waals surface area contributed by atoms with E-state index in [9.17, 15) is 25.2 Å². The smallest absolute Gasteiger partial charge is 0.249 e. The largest absolute Gasteiger partial charge is 0.394 e. The van der Waals surface area contributed by atoms with Gasteiger partial charge >= 0.3 is 0 Å². The third kappa shape index (κ3) is 8.94. The molecule has 0 aromatic heterocycles. The summed E-state index contributed by atoms with van der Waals surface area (Å²) in [6, 6.07) is 5.60. The molecule has 16 N–H and O–H groups in total. The van der Waals surface area contributed by atoms with Gasteiger partial charge in [0, 0.05) is 19.1 Å². The number of ether oxygens (including phenoxy) is 4. The van der Waals surface area contributed by atoms with E-state index in [2.05, 4.69) is 10.6 Å². The van der Waals surface area contributed by atoms with E-state index >= 15 is 0 Å². The van der Waals surface area contributed by atoms with Gasteiger partial charge in [-0.3, -0.25) is 4.79 Å². The van der Waals surface area contributed by atoms with Gasteiger partial charge in [-0.2, -0.15) is 0 Å². The van der Waals surface area contributed by atoms with Crippen LogP contribution in [0.3, 0.4) is 0 Å². The molecule has 1 amide bonds. The molecule has 14 atom stereocenters. The highest BCUT2D eigenvalue weighted by atomic mass is 16.7. The van der Waals surface area contributed by atoms with Gasteiger partial charge in [-0.15, -0.1) is 0 Å². The first-order valence-electron chi connectivity index (χ1n) is 15.6. The Balaban J connectivity index is 1.68. The molecule has 1 aromatic rings. The Hall–Kier alpha value is -1.87. The lowest BCUT2D eigenvalue weighted by Gasteiger charge is -2.50. The minimum atomic E-state index is -1.49. The van der Waals surface area contributed by atoms with E-state index in [4.69, 9.17) is 47.6 Å². The molecule has 0 bridgehead atoms. The Morgan fingerprint density at radius 2 is 1.69 bits per heavy atom. The van der Waals surface area contributed by atoms with E-state index < -0.39 is 91.9 Å². The Bertz CT molecular complexity index is 1050. The average Bonchev–Trinajstić information content (AvgIpc) is 3.04. The Morgan fingerprint density at radius 1 is 0.978 bits per heavy atom. The minimum absolute atomic E-state index is 0.0339. The van der Waals surface area contributed by atoms with Crippen molar-refractivity contribution in [2.45, 2.75) is 118 Å². The fraction of sp³-hybridized carbons (Fsp3) is 0.759. The lowest BCUT2D eigenvalue weighted by atomic mass is 9.81. The van der Waals surface area contributed by atoms with E-state index in [1.807, 2.05) is 30.3 Å². The van der Waals surface area contributed by atoms with Gasteiger partial charge < -0.3 is 78.7 Å². The second-order valence-corrected chi connectivity index (χ2v) is 12.1. The summed E-state index contributed by atoms with van der Waals surface area (Å²) in [6.07, 6.45) is -8.17. The minimum Gasteiger partial charge on any atom is -0.394 e. The van der Waals surface area contributed by atoms with Crippen LogP contribution in [0.15, 0.2) is 30.3 Å². The summed E-state index contributed by atoms with van der Waals surface area (Å²) < 4.78 is 24.7. The zero-order chi connectivity index (χ0) is 32.7.